The Balaban J connectivity index is 2.15. The second-order valence-corrected chi connectivity index (χ2v) is 4.18. The van der Waals surface area contributed by atoms with E-state index in [9.17, 15) is 0 Å². The first kappa shape index (κ1) is 11.8. The second kappa shape index (κ2) is 5.10. The van der Waals surface area contributed by atoms with Crippen LogP contribution in [0.3, 0.4) is 0 Å². The second-order valence-electron chi connectivity index (χ2n) is 4.18. The van der Waals surface area contributed by atoms with Gasteiger partial charge in [0.15, 0.2) is 0 Å². The molecule has 4 heteroatoms. The lowest BCUT2D eigenvalue weighted by Crippen LogP contribution is -2.16. The number of hydrogen-bond acceptors (Lipinski definition) is 3. The number of pyridine rings is 1. The molecule has 2 N–H and O–H groups in total. The van der Waals surface area contributed by atoms with Crippen LogP contribution in [-0.4, -0.2) is 14.8 Å². The molecule has 0 radical (unpaired) electrons. The molecule has 90 valence electrons. The third kappa shape index (κ3) is 2.71. The third-order valence-electron chi connectivity index (χ3n) is 2.85. The zero-order chi connectivity index (χ0) is 12.3. The highest BCUT2D eigenvalue weighted by atomic mass is 15.3. The number of rotatable bonds is 4. The lowest BCUT2D eigenvalue weighted by atomic mass is 10.0. The number of nitrogens with two attached hydrogens (primary N) is 1. The van der Waals surface area contributed by atoms with E-state index in [4.69, 9.17) is 5.73 Å². The van der Waals surface area contributed by atoms with Gasteiger partial charge in [0, 0.05) is 37.1 Å². The van der Waals surface area contributed by atoms with Gasteiger partial charge in [-0.05, 0) is 37.6 Å². The predicted molar refractivity (Wildman–Crippen MR) is 67.5 cm³/mol. The van der Waals surface area contributed by atoms with E-state index in [1.54, 1.807) is 12.4 Å². The molecule has 0 amide bonds. The van der Waals surface area contributed by atoms with Crippen molar-refractivity contribution < 1.29 is 0 Å². The Morgan fingerprint density at radius 3 is 2.71 bits per heavy atom. The van der Waals surface area contributed by atoms with Gasteiger partial charge in [-0.25, -0.2) is 0 Å². The van der Waals surface area contributed by atoms with E-state index >= 15 is 0 Å². The summed E-state index contributed by atoms with van der Waals surface area (Å²) in [5, 5.41) is 4.42. The molecule has 0 aliphatic heterocycles. The molecule has 0 aliphatic rings. The molecule has 2 aromatic heterocycles. The van der Waals surface area contributed by atoms with Crippen LogP contribution in [0.1, 0.15) is 29.9 Å². The monoisotopic (exact) mass is 230 g/mol. The quantitative estimate of drug-likeness (QED) is 0.872. The van der Waals surface area contributed by atoms with Crippen molar-refractivity contribution >= 4 is 0 Å². The highest BCUT2D eigenvalue weighted by molar-refractivity contribution is 5.18. The molecule has 17 heavy (non-hydrogen) atoms. The van der Waals surface area contributed by atoms with Crippen LogP contribution in [0.4, 0.5) is 0 Å². The van der Waals surface area contributed by atoms with Gasteiger partial charge in [0.25, 0.3) is 0 Å². The smallest absolute Gasteiger partial charge is 0.0596 e. The molecule has 0 spiro atoms. The summed E-state index contributed by atoms with van der Waals surface area (Å²) in [5.41, 5.74) is 9.54. The Kier molecular flexibility index (Phi) is 3.54. The maximum absolute atomic E-state index is 6.19. The zero-order valence-electron chi connectivity index (χ0n) is 10.3. The minimum atomic E-state index is -0.000556. The van der Waals surface area contributed by atoms with Crippen LogP contribution >= 0.6 is 0 Å². The summed E-state index contributed by atoms with van der Waals surface area (Å²) in [5.74, 6) is 0. The fourth-order valence-corrected chi connectivity index (χ4v) is 1.99. The van der Waals surface area contributed by atoms with Crippen LogP contribution in [-0.2, 0) is 13.0 Å². The molecule has 2 aromatic rings. The van der Waals surface area contributed by atoms with Gasteiger partial charge in [-0.3, -0.25) is 9.67 Å². The van der Waals surface area contributed by atoms with Gasteiger partial charge in [-0.15, -0.1) is 0 Å². The predicted octanol–water partition coefficient (Wildman–Crippen LogP) is 1.85. The van der Waals surface area contributed by atoms with Crippen molar-refractivity contribution in [2.45, 2.75) is 32.9 Å². The largest absolute Gasteiger partial charge is 0.324 e. The molecule has 1 atom stereocenters. The number of nitrogens with zero attached hydrogens (tertiary/aromatic N) is 3. The molecule has 0 saturated carbocycles. The minimum absolute atomic E-state index is 0.000556. The van der Waals surface area contributed by atoms with E-state index in [2.05, 4.69) is 23.1 Å². The van der Waals surface area contributed by atoms with Crippen molar-refractivity contribution in [3.8, 4) is 0 Å². The summed E-state index contributed by atoms with van der Waals surface area (Å²) in [6, 6.07) is 6.03. The first-order valence-corrected chi connectivity index (χ1v) is 5.89. The van der Waals surface area contributed by atoms with Gasteiger partial charge in [-0.2, -0.15) is 5.10 Å². The highest BCUT2D eigenvalue weighted by Gasteiger charge is 2.11. The average molecular weight is 230 g/mol. The van der Waals surface area contributed by atoms with E-state index in [1.807, 2.05) is 23.7 Å². The molecular formula is C13H18N4. The van der Waals surface area contributed by atoms with E-state index in [1.165, 1.54) is 5.69 Å². The lowest BCUT2D eigenvalue weighted by Gasteiger charge is -2.12. The van der Waals surface area contributed by atoms with Crippen LogP contribution in [0.5, 0.6) is 0 Å². The summed E-state index contributed by atoms with van der Waals surface area (Å²) in [4.78, 5) is 4.00. The van der Waals surface area contributed by atoms with Crippen molar-refractivity contribution in [1.29, 1.82) is 0 Å². The summed E-state index contributed by atoms with van der Waals surface area (Å²) in [7, 11) is 0. The fourth-order valence-electron chi connectivity index (χ4n) is 1.99. The Morgan fingerprint density at radius 2 is 2.06 bits per heavy atom. The molecule has 0 aromatic carbocycles. The van der Waals surface area contributed by atoms with Gasteiger partial charge in [0.1, 0.15) is 0 Å². The summed E-state index contributed by atoms with van der Waals surface area (Å²) in [6.07, 6.45) is 4.35. The van der Waals surface area contributed by atoms with Crippen LogP contribution in [0, 0.1) is 6.92 Å². The molecule has 0 bridgehead atoms. The normalized spacial score (nSPS) is 12.6. The van der Waals surface area contributed by atoms with Gasteiger partial charge < -0.3 is 5.73 Å². The van der Waals surface area contributed by atoms with Crippen LogP contribution in [0.2, 0.25) is 0 Å². The molecule has 1 unspecified atom stereocenters. The zero-order valence-corrected chi connectivity index (χ0v) is 10.3. The van der Waals surface area contributed by atoms with Crippen LogP contribution in [0.15, 0.2) is 30.6 Å². The van der Waals surface area contributed by atoms with Crippen molar-refractivity contribution in [3.05, 3.63) is 47.5 Å². The van der Waals surface area contributed by atoms with Crippen molar-refractivity contribution in [2.24, 2.45) is 5.73 Å². The number of hydrogen-bond donors (Lipinski definition) is 1. The first-order valence-electron chi connectivity index (χ1n) is 5.89. The summed E-state index contributed by atoms with van der Waals surface area (Å²) in [6.45, 7) is 4.98. The maximum Gasteiger partial charge on any atom is 0.0596 e. The Hall–Kier alpha value is -1.68. The summed E-state index contributed by atoms with van der Waals surface area (Å²) >= 11 is 0. The molecule has 0 aliphatic carbocycles. The van der Waals surface area contributed by atoms with E-state index in [0.29, 0.717) is 0 Å². The topological polar surface area (TPSA) is 56.7 Å². The summed E-state index contributed by atoms with van der Waals surface area (Å²) < 4.78 is 2.01. The van der Waals surface area contributed by atoms with E-state index in [-0.39, 0.29) is 6.04 Å². The third-order valence-corrected chi connectivity index (χ3v) is 2.85. The Morgan fingerprint density at radius 1 is 1.35 bits per heavy atom. The highest BCUT2D eigenvalue weighted by Crippen LogP contribution is 2.16. The molecule has 4 nitrogen and oxygen atoms in total. The van der Waals surface area contributed by atoms with Gasteiger partial charge in [0.2, 0.25) is 0 Å². The van der Waals surface area contributed by atoms with Crippen LogP contribution < -0.4 is 5.73 Å². The van der Waals surface area contributed by atoms with E-state index < -0.39 is 0 Å². The molecular weight excluding hydrogens is 212 g/mol. The number of aryl methyl sites for hydroxylation is 2. The van der Waals surface area contributed by atoms with Gasteiger partial charge in [-0.1, -0.05) is 0 Å². The average Bonchev–Trinajstić information content (AvgIpc) is 2.70. The van der Waals surface area contributed by atoms with Gasteiger partial charge in [0.05, 0.1) is 5.69 Å². The number of aromatic nitrogens is 3. The van der Waals surface area contributed by atoms with Crippen molar-refractivity contribution in [3.63, 3.8) is 0 Å². The maximum atomic E-state index is 6.19. The standard InChI is InChI=1S/C13H18N4/c1-3-17-12(8-10(2)16-17)9-13(14)11-4-6-15-7-5-11/h4-8,13H,3,9,14H2,1-2H3. The molecule has 0 saturated heterocycles. The van der Waals surface area contributed by atoms with Crippen LogP contribution in [0.25, 0.3) is 0 Å². The Labute approximate surface area is 101 Å². The molecule has 0 fully saturated rings. The molecule has 2 rings (SSSR count). The van der Waals surface area contributed by atoms with Crippen molar-refractivity contribution in [1.82, 2.24) is 14.8 Å². The van der Waals surface area contributed by atoms with Gasteiger partial charge >= 0.3 is 0 Å². The van der Waals surface area contributed by atoms with E-state index in [0.717, 1.165) is 24.2 Å². The SMILES string of the molecule is CCn1nc(C)cc1CC(N)c1ccncc1. The minimum Gasteiger partial charge on any atom is -0.324 e. The fraction of sp³-hybridized carbons (Fsp3) is 0.385. The molecule has 2 heterocycles. The first-order chi connectivity index (χ1) is 8.20. The lowest BCUT2D eigenvalue weighted by molar-refractivity contribution is 0.587. The van der Waals surface area contributed by atoms with Crippen molar-refractivity contribution in [2.75, 3.05) is 0 Å². The Bertz CT molecular complexity index is 475.